The Kier molecular flexibility index (Phi) is 15.6. The zero-order chi connectivity index (χ0) is 47.9. The molecule has 0 bridgehead atoms. The molecule has 66 heavy (non-hydrogen) atoms. The Morgan fingerprint density at radius 3 is 2.38 bits per heavy atom. The maximum Gasteiger partial charge on any atom is 0.418 e. The Balaban J connectivity index is 0.982. The van der Waals surface area contributed by atoms with Gasteiger partial charge < -0.3 is 34.9 Å². The van der Waals surface area contributed by atoms with Crippen molar-refractivity contribution < 1.29 is 56.5 Å². The van der Waals surface area contributed by atoms with Crippen LogP contribution in [0.1, 0.15) is 55.9 Å². The first kappa shape index (κ1) is 49.2. The molecule has 0 saturated carbocycles. The second-order valence-electron chi connectivity index (χ2n) is 16.6. The molecule has 2 saturated heterocycles. The van der Waals surface area contributed by atoms with E-state index in [0.717, 1.165) is 22.1 Å². The standard InChI is InChI=1S/C47H48F3N5O9S2/c1-27-16-20-65-40(27)30-10-7-28(8-11-30)25-52-42(58)34-24-32(56)26-55(34)44(60)41(46(2,3)4)53-39(57)15-18-63-19-17-54-43(59)38(66-45(54)61)22-29-9-13-36(37(21-29)62-6)64-35-14-12-31(51-5)23-33(35)47(48,49)50/h7-14,16,20-23,32,34,41,56H,15,17-19,24-26H2,1-4,6H3,(H,52,58)(H,53,57)/b38-22-/t32-,34-,41+/m0/s1. The summed E-state index contributed by atoms with van der Waals surface area (Å²) >= 11 is 2.33. The van der Waals surface area contributed by atoms with Gasteiger partial charge in [0.2, 0.25) is 17.7 Å². The fourth-order valence-electron chi connectivity index (χ4n) is 7.24. The van der Waals surface area contributed by atoms with Gasteiger partial charge in [0, 0.05) is 30.8 Å². The van der Waals surface area contributed by atoms with Gasteiger partial charge in [0.15, 0.2) is 17.2 Å². The first-order valence-corrected chi connectivity index (χ1v) is 22.4. The van der Waals surface area contributed by atoms with E-state index >= 15 is 0 Å². The fraction of sp³-hybridized carbons (Fsp3) is 0.362. The summed E-state index contributed by atoms with van der Waals surface area (Å²) < 4.78 is 57.6. The molecule has 5 amide bonds. The van der Waals surface area contributed by atoms with Crippen molar-refractivity contribution in [3.63, 3.8) is 0 Å². The summed E-state index contributed by atoms with van der Waals surface area (Å²) in [5, 5.41) is 17.7. The highest BCUT2D eigenvalue weighted by Gasteiger charge is 2.44. The molecule has 14 nitrogen and oxygen atoms in total. The largest absolute Gasteiger partial charge is 0.493 e. The average molecular weight is 948 g/mol. The number of nitrogens with one attached hydrogen (secondary N) is 2. The molecule has 0 radical (unpaired) electrons. The molecule has 0 aliphatic carbocycles. The summed E-state index contributed by atoms with van der Waals surface area (Å²) in [4.78, 5) is 73.2. The van der Waals surface area contributed by atoms with Crippen LogP contribution in [0, 0.1) is 18.9 Å². The third-order valence-corrected chi connectivity index (χ3v) is 12.7. The normalized spacial score (nSPS) is 17.5. The Bertz CT molecular complexity index is 2550. The number of likely N-dealkylation sites (tertiary alicyclic amines) is 1. The summed E-state index contributed by atoms with van der Waals surface area (Å²) in [6, 6.07) is 15.1. The van der Waals surface area contributed by atoms with E-state index < -0.39 is 70.0 Å². The van der Waals surface area contributed by atoms with Crippen LogP contribution in [0.5, 0.6) is 17.2 Å². The van der Waals surface area contributed by atoms with Crippen molar-refractivity contribution in [1.82, 2.24) is 20.4 Å². The Labute approximate surface area is 387 Å². The highest BCUT2D eigenvalue weighted by atomic mass is 32.2. The van der Waals surface area contributed by atoms with Crippen LogP contribution in [0.2, 0.25) is 0 Å². The highest BCUT2D eigenvalue weighted by molar-refractivity contribution is 8.18. The lowest BCUT2D eigenvalue weighted by Gasteiger charge is -2.35. The molecule has 3 aromatic carbocycles. The first-order valence-electron chi connectivity index (χ1n) is 20.7. The summed E-state index contributed by atoms with van der Waals surface area (Å²) in [6.45, 7) is 14.2. The first-order chi connectivity index (χ1) is 31.3. The van der Waals surface area contributed by atoms with Crippen LogP contribution in [0.15, 0.2) is 77.0 Å². The molecule has 19 heteroatoms. The number of aryl methyl sites for hydroxylation is 1. The number of aliphatic hydroxyl groups is 1. The predicted molar refractivity (Wildman–Crippen MR) is 243 cm³/mol. The zero-order valence-corrected chi connectivity index (χ0v) is 38.3. The van der Waals surface area contributed by atoms with E-state index in [2.05, 4.69) is 21.5 Å². The van der Waals surface area contributed by atoms with E-state index in [9.17, 15) is 42.3 Å². The summed E-state index contributed by atoms with van der Waals surface area (Å²) in [7, 11) is 1.28. The van der Waals surface area contributed by atoms with Crippen molar-refractivity contribution in [2.45, 2.75) is 71.4 Å². The molecule has 2 aliphatic rings. The summed E-state index contributed by atoms with van der Waals surface area (Å²) in [5.74, 6) is -2.61. The Hall–Kier alpha value is -6.20. The van der Waals surface area contributed by atoms with Gasteiger partial charge in [-0.3, -0.25) is 28.9 Å². The number of thiophene rings is 1. The zero-order valence-electron chi connectivity index (χ0n) is 36.7. The minimum Gasteiger partial charge on any atom is -0.493 e. The molecule has 6 rings (SSSR count). The van der Waals surface area contributed by atoms with Crippen LogP contribution < -0.4 is 20.1 Å². The molecule has 0 spiro atoms. The van der Waals surface area contributed by atoms with Gasteiger partial charge in [-0.25, -0.2) is 4.85 Å². The van der Waals surface area contributed by atoms with Gasteiger partial charge in [0.1, 0.15) is 17.8 Å². The Morgan fingerprint density at radius 2 is 1.73 bits per heavy atom. The topological polar surface area (TPSA) is 168 Å². The number of hydrogen-bond acceptors (Lipinski definition) is 11. The van der Waals surface area contributed by atoms with Crippen molar-refractivity contribution in [2.75, 3.05) is 33.4 Å². The minimum absolute atomic E-state index is 0.0425. The summed E-state index contributed by atoms with van der Waals surface area (Å²) in [5.41, 5.74) is 1.39. The van der Waals surface area contributed by atoms with Crippen molar-refractivity contribution >= 4 is 63.7 Å². The number of aliphatic hydroxyl groups excluding tert-OH is 1. The van der Waals surface area contributed by atoms with E-state index in [-0.39, 0.29) is 67.8 Å². The lowest BCUT2D eigenvalue weighted by atomic mass is 9.85. The molecule has 2 fully saturated rings. The molecule has 0 unspecified atom stereocenters. The van der Waals surface area contributed by atoms with Crippen LogP contribution in [0.25, 0.3) is 21.4 Å². The second-order valence-corrected chi connectivity index (χ2v) is 18.5. The van der Waals surface area contributed by atoms with Crippen molar-refractivity contribution in [2.24, 2.45) is 5.41 Å². The van der Waals surface area contributed by atoms with Crippen LogP contribution in [-0.4, -0.2) is 95.4 Å². The van der Waals surface area contributed by atoms with E-state index in [1.54, 1.807) is 32.1 Å². The highest BCUT2D eigenvalue weighted by Crippen LogP contribution is 2.43. The number of ether oxygens (including phenoxy) is 3. The number of nitrogens with zero attached hydrogens (tertiary/aromatic N) is 3. The third kappa shape index (κ3) is 12.0. The van der Waals surface area contributed by atoms with Gasteiger partial charge in [-0.15, -0.1) is 11.3 Å². The predicted octanol–water partition coefficient (Wildman–Crippen LogP) is 8.35. The van der Waals surface area contributed by atoms with Crippen molar-refractivity contribution in [1.29, 1.82) is 0 Å². The van der Waals surface area contributed by atoms with Crippen LogP contribution in [0.4, 0.5) is 23.7 Å². The molecular weight excluding hydrogens is 900 g/mol. The number of hydrogen-bond donors (Lipinski definition) is 3. The number of imide groups is 1. The van der Waals surface area contributed by atoms with Gasteiger partial charge in [-0.2, -0.15) is 13.2 Å². The molecule has 4 aromatic rings. The third-order valence-electron chi connectivity index (χ3n) is 10.7. The lowest BCUT2D eigenvalue weighted by Crippen LogP contribution is -2.57. The molecule has 2 aliphatic heterocycles. The van der Waals surface area contributed by atoms with Gasteiger partial charge in [0.05, 0.1) is 50.0 Å². The number of halogens is 3. The Morgan fingerprint density at radius 1 is 1.00 bits per heavy atom. The number of benzene rings is 3. The number of amides is 5. The quantitative estimate of drug-likeness (QED) is 0.0564. The SMILES string of the molecule is [C-]#[N+]c1ccc(Oc2ccc(/C=C3\SC(=O)N(CCOCCC(=O)N[C@H](C(=O)N4C[C@@H](O)C[C@H]4C(=O)NCc4ccc(-c5sccc5C)cc4)C(C)(C)C)C3=O)cc2OC)c(C(F)(F)F)c1. The number of carbonyl (C=O) groups excluding carboxylic acids is 5. The number of β-amino-alcohol motifs (C(OH)–C–C–N with tert-alkyl or cyclic N) is 1. The minimum atomic E-state index is -4.80. The molecule has 3 heterocycles. The second kappa shape index (κ2) is 21.0. The molecule has 1 aromatic heterocycles. The maximum atomic E-state index is 14.0. The fourth-order valence-corrected chi connectivity index (χ4v) is 9.04. The number of thioether (sulfide) groups is 1. The van der Waals surface area contributed by atoms with Crippen LogP contribution in [-0.2, 0) is 36.6 Å². The lowest BCUT2D eigenvalue weighted by molar-refractivity contribution is -0.144. The molecule has 3 atom stereocenters. The average Bonchev–Trinajstić information content (AvgIpc) is 3.96. The number of rotatable bonds is 16. The van der Waals surface area contributed by atoms with E-state index in [1.807, 2.05) is 36.6 Å². The van der Waals surface area contributed by atoms with Gasteiger partial charge in [-0.05, 0) is 88.1 Å². The van der Waals surface area contributed by atoms with Gasteiger partial charge >= 0.3 is 6.18 Å². The van der Waals surface area contributed by atoms with E-state index in [0.29, 0.717) is 23.4 Å². The summed E-state index contributed by atoms with van der Waals surface area (Å²) in [6.07, 6.45) is -4.42. The van der Waals surface area contributed by atoms with Crippen molar-refractivity contribution in [3.8, 4) is 27.7 Å². The van der Waals surface area contributed by atoms with Gasteiger partial charge in [0.25, 0.3) is 11.1 Å². The van der Waals surface area contributed by atoms with E-state index in [1.165, 1.54) is 52.8 Å². The smallest absolute Gasteiger partial charge is 0.418 e. The van der Waals surface area contributed by atoms with E-state index in [4.69, 9.17) is 20.8 Å². The molecule has 3 N–H and O–H groups in total. The number of alkyl halides is 3. The maximum absolute atomic E-state index is 14.0. The van der Waals surface area contributed by atoms with Crippen LogP contribution in [0.3, 0.4) is 0 Å². The monoisotopic (exact) mass is 947 g/mol. The number of methoxy groups -OCH3 is 1. The van der Waals surface area contributed by atoms with Gasteiger partial charge in [-0.1, -0.05) is 57.2 Å². The molecule has 348 valence electrons. The van der Waals surface area contributed by atoms with Crippen LogP contribution >= 0.6 is 23.1 Å². The number of carbonyl (C=O) groups is 5. The molecular formula is C47H48F3N5O9S2. The van der Waals surface area contributed by atoms with Crippen molar-refractivity contribution in [3.05, 3.63) is 111 Å².